The number of fused-ring (bicyclic) bond motifs is 1. The number of hydrogen-bond acceptors (Lipinski definition) is 3. The fourth-order valence-electron chi connectivity index (χ4n) is 2.15. The Balaban J connectivity index is 1.83. The molecule has 0 aliphatic carbocycles. The lowest BCUT2D eigenvalue weighted by Gasteiger charge is -2.04. The highest BCUT2D eigenvalue weighted by molar-refractivity contribution is 6.07. The zero-order chi connectivity index (χ0) is 16.9. The summed E-state index contributed by atoms with van der Waals surface area (Å²) in [5, 5.41) is 10.4. The van der Waals surface area contributed by atoms with Gasteiger partial charge in [0.2, 0.25) is 0 Å². The molecule has 0 aliphatic heterocycles. The van der Waals surface area contributed by atoms with Crippen molar-refractivity contribution >= 4 is 22.6 Å². The van der Waals surface area contributed by atoms with Crippen molar-refractivity contribution in [1.29, 1.82) is 0 Å². The largest absolute Gasteiger partial charge is 0.481 e. The quantitative estimate of drug-likeness (QED) is 0.724. The number of aromatic amines is 1. The summed E-state index contributed by atoms with van der Waals surface area (Å²) in [7, 11) is 0. The van der Waals surface area contributed by atoms with Gasteiger partial charge in [0.15, 0.2) is 5.82 Å². The number of halogens is 1. The number of carbonyl (C=O) groups excluding carboxylic acids is 1. The Morgan fingerprint density at radius 3 is 2.83 bits per heavy atom. The Hall–Kier alpha value is -3.33. The number of benzene rings is 2. The summed E-state index contributed by atoms with van der Waals surface area (Å²) in [4.78, 5) is 12.2. The molecule has 0 spiro atoms. The van der Waals surface area contributed by atoms with Crippen LogP contribution in [0.4, 0.5) is 10.2 Å². The lowest BCUT2D eigenvalue weighted by molar-refractivity contribution is 0.102. The molecule has 1 heterocycles. The van der Waals surface area contributed by atoms with E-state index >= 15 is 0 Å². The van der Waals surface area contributed by atoms with Gasteiger partial charge >= 0.3 is 0 Å². The molecule has 120 valence electrons. The smallest absolute Gasteiger partial charge is 0.256 e. The number of anilines is 1. The predicted octanol–water partition coefficient (Wildman–Crippen LogP) is 3.36. The van der Waals surface area contributed by atoms with Gasteiger partial charge in [-0.2, -0.15) is 5.10 Å². The Labute approximate surface area is 137 Å². The van der Waals surface area contributed by atoms with Crippen LogP contribution in [-0.4, -0.2) is 22.7 Å². The molecular weight excluding hydrogens is 309 g/mol. The van der Waals surface area contributed by atoms with Crippen molar-refractivity contribution in [2.75, 3.05) is 11.9 Å². The predicted molar refractivity (Wildman–Crippen MR) is 89.4 cm³/mol. The molecule has 6 heteroatoms. The van der Waals surface area contributed by atoms with Crippen LogP contribution in [-0.2, 0) is 0 Å². The van der Waals surface area contributed by atoms with Crippen molar-refractivity contribution in [3.05, 3.63) is 53.8 Å². The standard InChI is InChI=1S/C18H14FN3O2/c1-2-3-10-24-14-8-9-16-15(11-14)17(22-21-16)20-18(23)12-4-6-13(19)7-5-12/h4-9,11H,10H2,1H3,(H2,20,21,22,23). The second kappa shape index (κ2) is 6.84. The van der Waals surface area contributed by atoms with Crippen molar-refractivity contribution in [2.24, 2.45) is 0 Å². The lowest BCUT2D eigenvalue weighted by atomic mass is 10.2. The molecular formula is C18H14FN3O2. The number of aromatic nitrogens is 2. The van der Waals surface area contributed by atoms with Gasteiger partial charge in [0.1, 0.15) is 18.2 Å². The van der Waals surface area contributed by atoms with Gasteiger partial charge < -0.3 is 10.1 Å². The minimum Gasteiger partial charge on any atom is -0.481 e. The van der Waals surface area contributed by atoms with E-state index in [1.54, 1.807) is 19.1 Å². The van der Waals surface area contributed by atoms with Gasteiger partial charge in [0, 0.05) is 10.9 Å². The Bertz CT molecular complexity index is 936. The first-order valence-corrected chi connectivity index (χ1v) is 7.25. The topological polar surface area (TPSA) is 67.0 Å². The van der Waals surface area contributed by atoms with Gasteiger partial charge in [-0.15, -0.1) is 5.92 Å². The van der Waals surface area contributed by atoms with Crippen molar-refractivity contribution < 1.29 is 13.9 Å². The van der Waals surface area contributed by atoms with E-state index in [1.807, 2.05) is 6.07 Å². The number of rotatable bonds is 4. The van der Waals surface area contributed by atoms with Gasteiger partial charge in [0.25, 0.3) is 5.91 Å². The molecule has 2 N–H and O–H groups in total. The SMILES string of the molecule is CC#CCOc1ccc2[nH]nc(NC(=O)c3ccc(F)cc3)c2c1. The van der Waals surface area contributed by atoms with Crippen molar-refractivity contribution in [1.82, 2.24) is 10.2 Å². The van der Waals surface area contributed by atoms with Crippen LogP contribution in [0.5, 0.6) is 5.75 Å². The normalized spacial score (nSPS) is 10.1. The fraction of sp³-hybridized carbons (Fsp3) is 0.111. The minimum atomic E-state index is -0.395. The highest BCUT2D eigenvalue weighted by Gasteiger charge is 2.12. The van der Waals surface area contributed by atoms with E-state index in [0.29, 0.717) is 22.5 Å². The molecule has 0 bridgehead atoms. The van der Waals surface area contributed by atoms with E-state index in [-0.39, 0.29) is 12.5 Å². The summed E-state index contributed by atoms with van der Waals surface area (Å²) in [5.41, 5.74) is 1.11. The summed E-state index contributed by atoms with van der Waals surface area (Å²) in [5.74, 6) is 5.81. The summed E-state index contributed by atoms with van der Waals surface area (Å²) in [6.07, 6.45) is 0. The van der Waals surface area contributed by atoms with E-state index < -0.39 is 5.82 Å². The van der Waals surface area contributed by atoms with Crippen LogP contribution < -0.4 is 10.1 Å². The summed E-state index contributed by atoms with van der Waals surface area (Å²) < 4.78 is 18.4. The summed E-state index contributed by atoms with van der Waals surface area (Å²) in [6.45, 7) is 2.03. The fourth-order valence-corrected chi connectivity index (χ4v) is 2.15. The molecule has 3 rings (SSSR count). The second-order valence-electron chi connectivity index (χ2n) is 4.96. The van der Waals surface area contributed by atoms with Gasteiger partial charge in [-0.05, 0) is 49.4 Å². The van der Waals surface area contributed by atoms with Gasteiger partial charge in [-0.1, -0.05) is 5.92 Å². The van der Waals surface area contributed by atoms with Gasteiger partial charge in [0.05, 0.1) is 5.52 Å². The highest BCUT2D eigenvalue weighted by atomic mass is 19.1. The molecule has 0 aliphatic rings. The molecule has 24 heavy (non-hydrogen) atoms. The molecule has 3 aromatic rings. The molecule has 1 amide bonds. The van der Waals surface area contributed by atoms with Gasteiger partial charge in [-0.3, -0.25) is 9.89 Å². The molecule has 0 atom stereocenters. The zero-order valence-electron chi connectivity index (χ0n) is 12.9. The monoisotopic (exact) mass is 323 g/mol. The van der Waals surface area contributed by atoms with Crippen LogP contribution in [0.15, 0.2) is 42.5 Å². The Morgan fingerprint density at radius 2 is 2.08 bits per heavy atom. The zero-order valence-corrected chi connectivity index (χ0v) is 12.9. The third-order valence-electron chi connectivity index (χ3n) is 3.36. The number of amides is 1. The van der Waals surface area contributed by atoms with Crippen LogP contribution >= 0.6 is 0 Å². The average molecular weight is 323 g/mol. The molecule has 0 unspecified atom stereocenters. The van der Waals surface area contributed by atoms with E-state index in [9.17, 15) is 9.18 Å². The lowest BCUT2D eigenvalue weighted by Crippen LogP contribution is -2.12. The molecule has 2 aromatic carbocycles. The van der Waals surface area contributed by atoms with Crippen molar-refractivity contribution in [3.63, 3.8) is 0 Å². The number of nitrogens with one attached hydrogen (secondary N) is 2. The maximum absolute atomic E-state index is 12.9. The number of hydrogen-bond donors (Lipinski definition) is 2. The first-order valence-electron chi connectivity index (χ1n) is 7.25. The van der Waals surface area contributed by atoms with Crippen molar-refractivity contribution in [2.45, 2.75) is 6.92 Å². The number of carbonyl (C=O) groups is 1. The number of nitrogens with zero attached hydrogens (tertiary/aromatic N) is 1. The van der Waals surface area contributed by atoms with Crippen LogP contribution in [0.25, 0.3) is 10.9 Å². The van der Waals surface area contributed by atoms with Crippen molar-refractivity contribution in [3.8, 4) is 17.6 Å². The van der Waals surface area contributed by atoms with E-state index in [4.69, 9.17) is 4.74 Å². The summed E-state index contributed by atoms with van der Waals surface area (Å²) >= 11 is 0. The van der Waals surface area contributed by atoms with E-state index in [1.165, 1.54) is 24.3 Å². The molecule has 0 saturated carbocycles. The Morgan fingerprint density at radius 1 is 1.29 bits per heavy atom. The van der Waals surface area contributed by atoms with Crippen LogP contribution in [0.2, 0.25) is 0 Å². The van der Waals surface area contributed by atoms with E-state index in [2.05, 4.69) is 27.4 Å². The first-order chi connectivity index (χ1) is 11.7. The maximum atomic E-state index is 12.9. The third kappa shape index (κ3) is 3.36. The summed E-state index contributed by atoms with van der Waals surface area (Å²) in [6, 6.07) is 10.7. The van der Waals surface area contributed by atoms with Crippen LogP contribution in [0.1, 0.15) is 17.3 Å². The first kappa shape index (κ1) is 15.6. The minimum absolute atomic E-state index is 0.289. The average Bonchev–Trinajstić information content (AvgIpc) is 2.98. The maximum Gasteiger partial charge on any atom is 0.256 e. The number of ether oxygens (including phenoxy) is 1. The molecule has 5 nitrogen and oxygen atoms in total. The van der Waals surface area contributed by atoms with E-state index in [0.717, 1.165) is 5.52 Å². The highest BCUT2D eigenvalue weighted by Crippen LogP contribution is 2.25. The molecule has 0 fully saturated rings. The molecule has 0 saturated heterocycles. The second-order valence-corrected chi connectivity index (χ2v) is 4.96. The third-order valence-corrected chi connectivity index (χ3v) is 3.36. The van der Waals surface area contributed by atoms with Gasteiger partial charge in [-0.25, -0.2) is 4.39 Å². The van der Waals surface area contributed by atoms with Crippen LogP contribution in [0, 0.1) is 17.7 Å². The number of H-pyrrole nitrogens is 1. The van der Waals surface area contributed by atoms with Crippen LogP contribution in [0.3, 0.4) is 0 Å². The molecule has 1 aromatic heterocycles. The Kier molecular flexibility index (Phi) is 4.43. The molecule has 0 radical (unpaired) electrons.